The van der Waals surface area contributed by atoms with Gasteiger partial charge < -0.3 is 0 Å². The molecule has 0 saturated carbocycles. The van der Waals surface area contributed by atoms with Crippen LogP contribution in [0.1, 0.15) is 5.56 Å². The summed E-state index contributed by atoms with van der Waals surface area (Å²) in [6, 6.07) is 31.9. The van der Waals surface area contributed by atoms with E-state index in [1.807, 2.05) is 12.1 Å². The highest BCUT2D eigenvalue weighted by Gasteiger charge is 2.14. The lowest BCUT2D eigenvalue weighted by molar-refractivity contribution is 1.11. The van der Waals surface area contributed by atoms with Crippen molar-refractivity contribution in [1.82, 2.24) is 9.55 Å². The Balaban J connectivity index is 1.82. The van der Waals surface area contributed by atoms with Gasteiger partial charge in [0.25, 0.3) is 0 Å². The van der Waals surface area contributed by atoms with Gasteiger partial charge in [-0.15, -0.1) is 0 Å². The van der Waals surface area contributed by atoms with E-state index in [2.05, 4.69) is 90.4 Å². The smallest absolute Gasteiger partial charge is 0.145 e. The van der Waals surface area contributed by atoms with Crippen molar-refractivity contribution < 1.29 is 0 Å². The molecule has 0 unspecified atom stereocenters. The number of para-hydroxylation sites is 2. The van der Waals surface area contributed by atoms with Crippen LogP contribution in [0.15, 0.2) is 91.0 Å². The number of imidazole rings is 1. The minimum Gasteiger partial charge on any atom is -0.292 e. The molecule has 5 aromatic rings. The molecule has 5 rings (SSSR count). The number of aryl methyl sites for hydroxylation is 1. The van der Waals surface area contributed by atoms with E-state index in [9.17, 15) is 0 Å². The van der Waals surface area contributed by atoms with Gasteiger partial charge in [0.1, 0.15) is 5.82 Å². The third-order valence-corrected chi connectivity index (χ3v) is 4.83. The third-order valence-electron chi connectivity index (χ3n) is 4.83. The number of aromatic nitrogens is 2. The van der Waals surface area contributed by atoms with Crippen LogP contribution in [-0.4, -0.2) is 9.55 Å². The Morgan fingerprint density at radius 2 is 1.42 bits per heavy atom. The molecule has 124 valence electrons. The fourth-order valence-electron chi connectivity index (χ4n) is 3.56. The van der Waals surface area contributed by atoms with Crippen molar-refractivity contribution in [2.45, 2.75) is 6.92 Å². The highest BCUT2D eigenvalue weighted by Crippen LogP contribution is 2.30. The van der Waals surface area contributed by atoms with Crippen molar-refractivity contribution in [3.63, 3.8) is 0 Å². The molecule has 4 aromatic carbocycles. The molecular formula is C24H18N2. The molecule has 0 amide bonds. The first kappa shape index (κ1) is 14.9. The van der Waals surface area contributed by atoms with Gasteiger partial charge in [-0.2, -0.15) is 0 Å². The Morgan fingerprint density at radius 3 is 2.31 bits per heavy atom. The molecule has 0 atom stereocenters. The van der Waals surface area contributed by atoms with E-state index in [0.29, 0.717) is 0 Å². The van der Waals surface area contributed by atoms with Gasteiger partial charge in [0.05, 0.1) is 11.0 Å². The summed E-state index contributed by atoms with van der Waals surface area (Å²) >= 11 is 0. The van der Waals surface area contributed by atoms with Gasteiger partial charge in [0, 0.05) is 11.3 Å². The largest absolute Gasteiger partial charge is 0.292 e. The lowest BCUT2D eigenvalue weighted by Crippen LogP contribution is -1.97. The molecule has 1 heterocycles. The standard InChI is InChI=1S/C24H18N2/c1-17-11-12-20-16-21(14-13-19(20)15-17)26-23-10-6-5-9-22(23)25-24(26)18-7-3-2-4-8-18/h2-16H,1H3. The summed E-state index contributed by atoms with van der Waals surface area (Å²) in [5.41, 5.74) is 5.66. The molecule has 0 saturated heterocycles. The van der Waals surface area contributed by atoms with E-state index < -0.39 is 0 Å². The minimum absolute atomic E-state index is 0.971. The summed E-state index contributed by atoms with van der Waals surface area (Å²) in [5.74, 6) is 0.971. The van der Waals surface area contributed by atoms with Gasteiger partial charge in [-0.1, -0.05) is 72.3 Å². The predicted molar refractivity (Wildman–Crippen MR) is 109 cm³/mol. The number of hydrogen-bond acceptors (Lipinski definition) is 1. The number of benzene rings is 4. The van der Waals surface area contributed by atoms with Crippen molar-refractivity contribution in [3.8, 4) is 17.1 Å². The number of fused-ring (bicyclic) bond motifs is 2. The number of hydrogen-bond donors (Lipinski definition) is 0. The summed E-state index contributed by atoms with van der Waals surface area (Å²) in [4.78, 5) is 4.92. The average molecular weight is 334 g/mol. The SMILES string of the molecule is Cc1ccc2cc(-n3c(-c4ccccc4)nc4ccccc43)ccc2c1. The first-order chi connectivity index (χ1) is 12.8. The van der Waals surface area contributed by atoms with Crippen LogP contribution in [-0.2, 0) is 0 Å². The predicted octanol–water partition coefficient (Wildman–Crippen LogP) is 6.15. The average Bonchev–Trinajstić information content (AvgIpc) is 3.08. The fourth-order valence-corrected chi connectivity index (χ4v) is 3.56. The Labute approximate surface area is 152 Å². The first-order valence-corrected chi connectivity index (χ1v) is 8.83. The molecule has 0 bridgehead atoms. The van der Waals surface area contributed by atoms with Crippen LogP contribution < -0.4 is 0 Å². The second-order valence-electron chi connectivity index (χ2n) is 6.66. The van der Waals surface area contributed by atoms with E-state index in [1.54, 1.807) is 0 Å². The first-order valence-electron chi connectivity index (χ1n) is 8.83. The van der Waals surface area contributed by atoms with Crippen molar-refractivity contribution >= 4 is 21.8 Å². The molecule has 0 aliphatic heterocycles. The van der Waals surface area contributed by atoms with Crippen molar-refractivity contribution in [1.29, 1.82) is 0 Å². The van der Waals surface area contributed by atoms with Crippen molar-refractivity contribution in [3.05, 3.63) is 96.6 Å². The zero-order chi connectivity index (χ0) is 17.5. The summed E-state index contributed by atoms with van der Waals surface area (Å²) < 4.78 is 2.25. The van der Waals surface area contributed by atoms with Crippen LogP contribution in [0, 0.1) is 6.92 Å². The highest BCUT2D eigenvalue weighted by molar-refractivity contribution is 5.88. The van der Waals surface area contributed by atoms with E-state index in [-0.39, 0.29) is 0 Å². The molecule has 1 aromatic heterocycles. The van der Waals surface area contributed by atoms with Crippen molar-refractivity contribution in [2.24, 2.45) is 0 Å². The molecule has 2 heteroatoms. The lowest BCUT2D eigenvalue weighted by Gasteiger charge is -2.11. The van der Waals surface area contributed by atoms with E-state index in [0.717, 1.165) is 28.1 Å². The Bertz CT molecular complexity index is 1230. The van der Waals surface area contributed by atoms with Gasteiger partial charge in [-0.25, -0.2) is 4.98 Å². The fraction of sp³-hybridized carbons (Fsp3) is 0.0417. The second-order valence-corrected chi connectivity index (χ2v) is 6.66. The molecule has 0 aliphatic carbocycles. The van der Waals surface area contributed by atoms with Gasteiger partial charge in [-0.05, 0) is 42.0 Å². The molecule has 26 heavy (non-hydrogen) atoms. The Kier molecular flexibility index (Phi) is 3.36. The normalized spacial score (nSPS) is 11.3. The Hall–Kier alpha value is -3.39. The van der Waals surface area contributed by atoms with E-state index in [4.69, 9.17) is 4.98 Å². The second kappa shape index (κ2) is 5.85. The summed E-state index contributed by atoms with van der Waals surface area (Å²) in [7, 11) is 0. The highest BCUT2D eigenvalue weighted by atomic mass is 15.1. The van der Waals surface area contributed by atoms with E-state index >= 15 is 0 Å². The molecule has 2 nitrogen and oxygen atoms in total. The quantitative estimate of drug-likeness (QED) is 0.378. The van der Waals surface area contributed by atoms with E-state index in [1.165, 1.54) is 16.3 Å². The van der Waals surface area contributed by atoms with Crippen LogP contribution in [0.25, 0.3) is 38.9 Å². The maximum Gasteiger partial charge on any atom is 0.145 e. The maximum atomic E-state index is 4.92. The zero-order valence-corrected chi connectivity index (χ0v) is 14.6. The van der Waals surface area contributed by atoms with Crippen LogP contribution >= 0.6 is 0 Å². The third kappa shape index (κ3) is 2.39. The number of rotatable bonds is 2. The Morgan fingerprint density at radius 1 is 0.692 bits per heavy atom. The molecule has 0 N–H and O–H groups in total. The summed E-state index contributed by atoms with van der Waals surface area (Å²) in [6.07, 6.45) is 0. The summed E-state index contributed by atoms with van der Waals surface area (Å²) in [6.45, 7) is 2.13. The van der Waals surface area contributed by atoms with Crippen LogP contribution in [0.4, 0.5) is 0 Å². The minimum atomic E-state index is 0.971. The molecule has 0 aliphatic rings. The van der Waals surface area contributed by atoms with Gasteiger partial charge in [-0.3, -0.25) is 4.57 Å². The van der Waals surface area contributed by atoms with Crippen LogP contribution in [0.3, 0.4) is 0 Å². The van der Waals surface area contributed by atoms with Crippen molar-refractivity contribution in [2.75, 3.05) is 0 Å². The topological polar surface area (TPSA) is 17.8 Å². The summed E-state index contributed by atoms with van der Waals surface area (Å²) in [5, 5.41) is 2.50. The molecule has 0 spiro atoms. The molecular weight excluding hydrogens is 316 g/mol. The lowest BCUT2D eigenvalue weighted by atomic mass is 10.1. The molecule has 0 fully saturated rings. The molecule has 0 radical (unpaired) electrons. The monoisotopic (exact) mass is 334 g/mol. The van der Waals surface area contributed by atoms with Gasteiger partial charge >= 0.3 is 0 Å². The maximum absolute atomic E-state index is 4.92. The van der Waals surface area contributed by atoms with Crippen LogP contribution in [0.5, 0.6) is 0 Å². The zero-order valence-electron chi connectivity index (χ0n) is 14.6. The van der Waals surface area contributed by atoms with Crippen LogP contribution in [0.2, 0.25) is 0 Å². The number of nitrogens with zero attached hydrogens (tertiary/aromatic N) is 2. The van der Waals surface area contributed by atoms with Gasteiger partial charge in [0.2, 0.25) is 0 Å². The van der Waals surface area contributed by atoms with Gasteiger partial charge in [0.15, 0.2) is 0 Å².